The fraction of sp³-hybridized carbons (Fsp3) is 0.625. The zero-order chi connectivity index (χ0) is 13.5. The first-order valence-corrected chi connectivity index (χ1v) is 7.13. The normalized spacial score (nSPS) is 32.7. The summed E-state index contributed by atoms with van der Waals surface area (Å²) in [5.74, 6) is 1.03. The fourth-order valence-electron chi connectivity index (χ4n) is 3.57. The zero-order valence-electron chi connectivity index (χ0n) is 12.0. The summed E-state index contributed by atoms with van der Waals surface area (Å²) < 4.78 is 12.3. The lowest BCUT2D eigenvalue weighted by Gasteiger charge is -2.49. The molecule has 1 fully saturated rings. The Morgan fingerprint density at radius 1 is 1.26 bits per heavy atom. The van der Waals surface area contributed by atoms with Gasteiger partial charge in [0, 0.05) is 30.9 Å². The Labute approximate surface area is 115 Å². The lowest BCUT2D eigenvalue weighted by atomic mass is 9.77. The molecule has 0 bridgehead atoms. The van der Waals surface area contributed by atoms with Gasteiger partial charge in [-0.15, -0.1) is 0 Å². The van der Waals surface area contributed by atoms with Crippen LogP contribution in [0.15, 0.2) is 24.3 Å². The van der Waals surface area contributed by atoms with Crippen molar-refractivity contribution in [3.63, 3.8) is 0 Å². The van der Waals surface area contributed by atoms with Crippen LogP contribution in [-0.4, -0.2) is 24.9 Å². The van der Waals surface area contributed by atoms with Gasteiger partial charge >= 0.3 is 0 Å². The minimum absolute atomic E-state index is 0.0796. The van der Waals surface area contributed by atoms with E-state index in [4.69, 9.17) is 9.47 Å². The average Bonchev–Trinajstić information content (AvgIpc) is 2.36. The smallest absolute Gasteiger partial charge is 0.124 e. The van der Waals surface area contributed by atoms with E-state index in [9.17, 15) is 0 Å². The molecular formula is C16H23NO2. The predicted octanol–water partition coefficient (Wildman–Crippen LogP) is 3.06. The quantitative estimate of drug-likeness (QED) is 0.843. The molecule has 1 aromatic carbocycles. The zero-order valence-corrected chi connectivity index (χ0v) is 12.0. The van der Waals surface area contributed by atoms with Crippen molar-refractivity contribution < 1.29 is 9.47 Å². The van der Waals surface area contributed by atoms with Crippen molar-refractivity contribution in [2.45, 2.75) is 50.4 Å². The third-order valence-corrected chi connectivity index (χ3v) is 4.34. The maximum Gasteiger partial charge on any atom is 0.124 e. The molecule has 0 aromatic heterocycles. The average molecular weight is 261 g/mol. The molecule has 2 aliphatic heterocycles. The number of rotatable bonds is 1. The Bertz CT molecular complexity index is 472. The van der Waals surface area contributed by atoms with Crippen LogP contribution in [0.1, 0.15) is 44.7 Å². The molecular weight excluding hydrogens is 238 g/mol. The van der Waals surface area contributed by atoms with Crippen molar-refractivity contribution in [1.82, 2.24) is 5.32 Å². The van der Waals surface area contributed by atoms with Crippen molar-refractivity contribution in [2.75, 3.05) is 13.7 Å². The Morgan fingerprint density at radius 2 is 2.05 bits per heavy atom. The Hall–Kier alpha value is -1.06. The van der Waals surface area contributed by atoms with Crippen LogP contribution in [0.2, 0.25) is 0 Å². The van der Waals surface area contributed by atoms with Crippen molar-refractivity contribution >= 4 is 0 Å². The fourth-order valence-corrected chi connectivity index (χ4v) is 3.57. The molecule has 104 valence electrons. The number of nitrogens with one attached hydrogen (secondary N) is 1. The van der Waals surface area contributed by atoms with Gasteiger partial charge in [-0.1, -0.05) is 18.2 Å². The SMILES string of the molecule is CNC1CC2(CCOC(C)(C)C2)Oc2ccccc21. The highest BCUT2D eigenvalue weighted by Crippen LogP contribution is 2.46. The van der Waals surface area contributed by atoms with Gasteiger partial charge in [0.2, 0.25) is 0 Å². The molecule has 0 amide bonds. The molecule has 2 aliphatic rings. The maximum absolute atomic E-state index is 6.41. The van der Waals surface area contributed by atoms with Crippen LogP contribution < -0.4 is 10.1 Å². The summed E-state index contributed by atoms with van der Waals surface area (Å²) in [6.07, 6.45) is 2.95. The standard InChI is InChI=1S/C16H23NO2/c1-15(2)11-16(8-9-18-15)10-13(17-3)12-6-4-5-7-14(12)19-16/h4-7,13,17H,8-11H2,1-3H3. The van der Waals surface area contributed by atoms with Crippen molar-refractivity contribution in [2.24, 2.45) is 0 Å². The second-order valence-corrected chi connectivity index (χ2v) is 6.40. The number of para-hydroxylation sites is 1. The highest BCUT2D eigenvalue weighted by molar-refractivity contribution is 5.39. The predicted molar refractivity (Wildman–Crippen MR) is 75.5 cm³/mol. The van der Waals surface area contributed by atoms with Crippen LogP contribution in [0, 0.1) is 0 Å². The lowest BCUT2D eigenvalue weighted by molar-refractivity contribution is -0.142. The molecule has 3 heteroatoms. The van der Waals surface area contributed by atoms with E-state index in [2.05, 4.69) is 43.4 Å². The topological polar surface area (TPSA) is 30.5 Å². The second-order valence-electron chi connectivity index (χ2n) is 6.40. The highest BCUT2D eigenvalue weighted by atomic mass is 16.5. The molecule has 3 nitrogen and oxygen atoms in total. The molecule has 19 heavy (non-hydrogen) atoms. The first-order chi connectivity index (χ1) is 9.04. The largest absolute Gasteiger partial charge is 0.487 e. The molecule has 1 spiro atoms. The van der Waals surface area contributed by atoms with Gasteiger partial charge < -0.3 is 14.8 Å². The van der Waals surface area contributed by atoms with E-state index in [0.717, 1.165) is 31.6 Å². The summed E-state index contributed by atoms with van der Waals surface area (Å²) in [7, 11) is 2.03. The van der Waals surface area contributed by atoms with E-state index >= 15 is 0 Å². The van der Waals surface area contributed by atoms with Gasteiger partial charge in [0.1, 0.15) is 11.4 Å². The van der Waals surface area contributed by atoms with E-state index in [0.29, 0.717) is 6.04 Å². The maximum atomic E-state index is 6.41. The third-order valence-electron chi connectivity index (χ3n) is 4.34. The first kappa shape index (κ1) is 12.9. The number of ether oxygens (including phenoxy) is 2. The molecule has 0 aliphatic carbocycles. The number of benzene rings is 1. The minimum Gasteiger partial charge on any atom is -0.487 e. The highest BCUT2D eigenvalue weighted by Gasteiger charge is 2.47. The summed E-state index contributed by atoms with van der Waals surface area (Å²) in [4.78, 5) is 0. The van der Waals surface area contributed by atoms with Crippen LogP contribution in [0.4, 0.5) is 0 Å². The molecule has 1 N–H and O–H groups in total. The Kier molecular flexibility index (Phi) is 3.06. The molecule has 0 saturated carbocycles. The van der Waals surface area contributed by atoms with Gasteiger partial charge in [-0.3, -0.25) is 0 Å². The third kappa shape index (κ3) is 2.37. The van der Waals surface area contributed by atoms with Gasteiger partial charge in [0.05, 0.1) is 12.2 Å². The minimum atomic E-state index is -0.0944. The van der Waals surface area contributed by atoms with Gasteiger partial charge in [-0.25, -0.2) is 0 Å². The van der Waals surface area contributed by atoms with Gasteiger partial charge in [-0.05, 0) is 27.0 Å². The second kappa shape index (κ2) is 4.50. The van der Waals surface area contributed by atoms with E-state index in [1.807, 2.05) is 7.05 Å². The van der Waals surface area contributed by atoms with Crippen molar-refractivity contribution in [3.8, 4) is 5.75 Å². The monoisotopic (exact) mass is 261 g/mol. The summed E-state index contributed by atoms with van der Waals surface area (Å²) in [6.45, 7) is 5.10. The van der Waals surface area contributed by atoms with E-state index in [1.165, 1.54) is 5.56 Å². The first-order valence-electron chi connectivity index (χ1n) is 7.13. The summed E-state index contributed by atoms with van der Waals surface area (Å²) in [5, 5.41) is 3.44. The summed E-state index contributed by atoms with van der Waals surface area (Å²) in [5.41, 5.74) is 1.10. The molecule has 2 atom stereocenters. The molecule has 1 aromatic rings. The van der Waals surface area contributed by atoms with Crippen LogP contribution >= 0.6 is 0 Å². The van der Waals surface area contributed by atoms with Crippen LogP contribution in [0.3, 0.4) is 0 Å². The summed E-state index contributed by atoms with van der Waals surface area (Å²) >= 11 is 0. The van der Waals surface area contributed by atoms with Gasteiger partial charge in [0.15, 0.2) is 0 Å². The van der Waals surface area contributed by atoms with Gasteiger partial charge in [-0.2, -0.15) is 0 Å². The van der Waals surface area contributed by atoms with E-state index < -0.39 is 0 Å². The van der Waals surface area contributed by atoms with E-state index in [1.54, 1.807) is 0 Å². The number of hydrogen-bond acceptors (Lipinski definition) is 3. The molecule has 3 rings (SSSR count). The number of fused-ring (bicyclic) bond motifs is 1. The lowest BCUT2D eigenvalue weighted by Crippen LogP contribution is -2.52. The van der Waals surface area contributed by atoms with Crippen molar-refractivity contribution in [3.05, 3.63) is 29.8 Å². The Balaban J connectivity index is 1.94. The molecule has 0 radical (unpaired) electrons. The van der Waals surface area contributed by atoms with E-state index in [-0.39, 0.29) is 11.2 Å². The Morgan fingerprint density at radius 3 is 2.79 bits per heavy atom. The van der Waals surface area contributed by atoms with Crippen molar-refractivity contribution in [1.29, 1.82) is 0 Å². The van der Waals surface area contributed by atoms with Crippen LogP contribution in [0.5, 0.6) is 5.75 Å². The molecule has 1 saturated heterocycles. The van der Waals surface area contributed by atoms with Gasteiger partial charge in [0.25, 0.3) is 0 Å². The van der Waals surface area contributed by atoms with Crippen LogP contribution in [0.25, 0.3) is 0 Å². The molecule has 2 heterocycles. The molecule has 2 unspecified atom stereocenters. The number of hydrogen-bond donors (Lipinski definition) is 1. The van der Waals surface area contributed by atoms with Crippen LogP contribution in [-0.2, 0) is 4.74 Å². The summed E-state index contributed by atoms with van der Waals surface area (Å²) in [6, 6.07) is 8.75.